The van der Waals surface area contributed by atoms with Crippen LogP contribution in [-0.2, 0) is 17.6 Å². The molecule has 0 bridgehead atoms. The van der Waals surface area contributed by atoms with Crippen molar-refractivity contribution in [3.05, 3.63) is 88.6 Å². The van der Waals surface area contributed by atoms with E-state index < -0.39 is 11.9 Å². The molecular formula is C32H32ClNO4S. The first kappa shape index (κ1) is 27.4. The van der Waals surface area contributed by atoms with Crippen LogP contribution < -0.4 is 4.74 Å². The van der Waals surface area contributed by atoms with Crippen molar-refractivity contribution in [3.63, 3.8) is 0 Å². The average Bonchev–Trinajstić information content (AvgIpc) is 3.25. The molecule has 3 aromatic carbocycles. The van der Waals surface area contributed by atoms with Gasteiger partial charge in [0.1, 0.15) is 11.5 Å². The number of benzene rings is 3. The van der Waals surface area contributed by atoms with Gasteiger partial charge in [-0.1, -0.05) is 56.0 Å². The summed E-state index contributed by atoms with van der Waals surface area (Å²) in [5.74, 6) is 0.941. The Kier molecular flexibility index (Phi) is 8.63. The van der Waals surface area contributed by atoms with Crippen molar-refractivity contribution < 1.29 is 19.4 Å². The number of rotatable bonds is 10. The number of carbonyl (C=O) groups excluding carboxylic acids is 1. The second-order valence-corrected chi connectivity index (χ2v) is 11.5. The number of carboxylic acids is 1. The number of carboxylic acid groups (broad SMARTS) is 1. The minimum atomic E-state index is -0.790. The summed E-state index contributed by atoms with van der Waals surface area (Å²) in [6.45, 7) is 2.20. The van der Waals surface area contributed by atoms with E-state index in [9.17, 15) is 14.7 Å². The summed E-state index contributed by atoms with van der Waals surface area (Å²) in [4.78, 5) is 26.7. The highest BCUT2D eigenvalue weighted by molar-refractivity contribution is 7.99. The van der Waals surface area contributed by atoms with Gasteiger partial charge in [-0.2, -0.15) is 0 Å². The van der Waals surface area contributed by atoms with Crippen molar-refractivity contribution in [2.45, 2.75) is 56.8 Å². The first-order chi connectivity index (χ1) is 19.0. The second-order valence-electron chi connectivity index (χ2n) is 9.99. The van der Waals surface area contributed by atoms with Crippen LogP contribution in [0.1, 0.15) is 60.6 Å². The predicted molar refractivity (Wildman–Crippen MR) is 158 cm³/mol. The van der Waals surface area contributed by atoms with E-state index in [1.807, 2.05) is 36.4 Å². The Morgan fingerprint density at radius 3 is 2.49 bits per heavy atom. The van der Waals surface area contributed by atoms with E-state index in [0.29, 0.717) is 35.6 Å². The van der Waals surface area contributed by atoms with Gasteiger partial charge in [-0.15, -0.1) is 11.8 Å². The van der Waals surface area contributed by atoms with Gasteiger partial charge in [0.05, 0.1) is 16.5 Å². The molecule has 7 heteroatoms. The highest BCUT2D eigenvalue weighted by Crippen LogP contribution is 2.40. The van der Waals surface area contributed by atoms with Crippen LogP contribution in [0.25, 0.3) is 10.9 Å². The molecule has 0 spiro atoms. The molecule has 1 N–H and O–H groups in total. The van der Waals surface area contributed by atoms with E-state index in [1.165, 1.54) is 19.3 Å². The fourth-order valence-electron chi connectivity index (χ4n) is 5.24. The lowest BCUT2D eigenvalue weighted by Gasteiger charge is -2.20. The normalized spacial score (nSPS) is 14.8. The zero-order valence-electron chi connectivity index (χ0n) is 22.0. The first-order valence-corrected chi connectivity index (χ1v) is 14.9. The largest absolute Gasteiger partial charge is 0.481 e. The maximum absolute atomic E-state index is 13.9. The van der Waals surface area contributed by atoms with Gasteiger partial charge >= 0.3 is 5.97 Å². The molecule has 0 amide bonds. The number of para-hydroxylation sites is 1. The average molecular weight is 562 g/mol. The monoisotopic (exact) mass is 561 g/mol. The van der Waals surface area contributed by atoms with Gasteiger partial charge in [0, 0.05) is 21.5 Å². The summed E-state index contributed by atoms with van der Waals surface area (Å²) in [5.41, 5.74) is 3.10. The number of unbranched alkanes of at least 4 members (excludes halogenated alkanes) is 3. The molecule has 39 heavy (non-hydrogen) atoms. The predicted octanol–water partition coefficient (Wildman–Crippen LogP) is 8.64. The molecule has 1 aliphatic rings. The molecular weight excluding hydrogens is 530 g/mol. The summed E-state index contributed by atoms with van der Waals surface area (Å²) in [7, 11) is 0. The molecule has 5 rings (SSSR count). The van der Waals surface area contributed by atoms with E-state index in [4.69, 9.17) is 16.3 Å². The number of aromatic nitrogens is 1. The molecule has 4 aromatic rings. The maximum Gasteiger partial charge on any atom is 0.306 e. The molecule has 0 saturated heterocycles. The Morgan fingerprint density at radius 2 is 1.77 bits per heavy atom. The number of ether oxygens (including phenoxy) is 1. The number of hydrogen-bond acceptors (Lipinski definition) is 4. The third-order valence-corrected chi connectivity index (χ3v) is 8.87. The molecule has 0 aliphatic heterocycles. The van der Waals surface area contributed by atoms with Gasteiger partial charge in [0.2, 0.25) is 0 Å². The van der Waals surface area contributed by atoms with E-state index in [0.717, 1.165) is 45.0 Å². The van der Waals surface area contributed by atoms with Crippen molar-refractivity contribution in [1.29, 1.82) is 0 Å². The molecule has 0 saturated carbocycles. The number of aliphatic carboxylic acids is 1. The van der Waals surface area contributed by atoms with Crippen molar-refractivity contribution in [3.8, 4) is 11.5 Å². The van der Waals surface area contributed by atoms with E-state index in [-0.39, 0.29) is 5.91 Å². The van der Waals surface area contributed by atoms with E-state index >= 15 is 0 Å². The van der Waals surface area contributed by atoms with E-state index in [1.54, 1.807) is 40.6 Å². The number of halogens is 1. The van der Waals surface area contributed by atoms with Crippen LogP contribution in [-0.4, -0.2) is 27.3 Å². The van der Waals surface area contributed by atoms with Gasteiger partial charge in [-0.05, 0) is 85.5 Å². The summed E-state index contributed by atoms with van der Waals surface area (Å²) < 4.78 is 7.64. The molecule has 5 nitrogen and oxygen atoms in total. The van der Waals surface area contributed by atoms with Crippen LogP contribution in [0.3, 0.4) is 0 Å². The van der Waals surface area contributed by atoms with Gasteiger partial charge in [-0.3, -0.25) is 14.2 Å². The molecule has 1 heterocycles. The van der Waals surface area contributed by atoms with Crippen LogP contribution in [0.5, 0.6) is 11.5 Å². The standard InChI is InChI=1S/C32H32ClNO4S/c1-2-3-4-8-17-39-30-19-26-25-18-22(32(36)37)13-16-28(25)34(29(26)20-27(30)33)31(35)21-11-14-24(15-12-21)38-23-9-6-5-7-10-23/h5-7,9-12,14-15,19-20,22H,2-4,8,13,16-18H2,1H3,(H,36,37). The fourth-order valence-corrected chi connectivity index (χ4v) is 6.53. The number of thioether (sulfide) groups is 1. The molecule has 202 valence electrons. The van der Waals surface area contributed by atoms with Gasteiger partial charge in [-0.25, -0.2) is 0 Å². The molecule has 1 atom stereocenters. The van der Waals surface area contributed by atoms with E-state index in [2.05, 4.69) is 13.0 Å². The van der Waals surface area contributed by atoms with Crippen molar-refractivity contribution in [1.82, 2.24) is 4.57 Å². The third-order valence-electron chi connectivity index (χ3n) is 7.30. The van der Waals surface area contributed by atoms with Gasteiger partial charge in [0.15, 0.2) is 0 Å². The van der Waals surface area contributed by atoms with Gasteiger partial charge in [0.25, 0.3) is 5.91 Å². The van der Waals surface area contributed by atoms with Crippen molar-refractivity contribution >= 4 is 46.1 Å². The fraction of sp³-hybridized carbons (Fsp3) is 0.312. The lowest BCUT2D eigenvalue weighted by Crippen LogP contribution is -2.24. The van der Waals surface area contributed by atoms with Crippen molar-refractivity contribution in [2.75, 3.05) is 5.75 Å². The molecule has 0 fully saturated rings. The Labute approximate surface area is 238 Å². The van der Waals surface area contributed by atoms with Gasteiger partial charge < -0.3 is 9.84 Å². The highest BCUT2D eigenvalue weighted by atomic mass is 35.5. The zero-order valence-corrected chi connectivity index (χ0v) is 23.6. The van der Waals surface area contributed by atoms with Crippen LogP contribution in [0.4, 0.5) is 0 Å². The number of fused-ring (bicyclic) bond motifs is 3. The molecule has 1 aromatic heterocycles. The lowest BCUT2D eigenvalue weighted by atomic mass is 9.86. The Morgan fingerprint density at radius 1 is 1.03 bits per heavy atom. The van der Waals surface area contributed by atoms with Crippen LogP contribution >= 0.6 is 23.4 Å². The number of hydrogen-bond donors (Lipinski definition) is 1. The second kappa shape index (κ2) is 12.3. The lowest BCUT2D eigenvalue weighted by molar-refractivity contribution is -0.142. The Balaban J connectivity index is 1.48. The van der Waals surface area contributed by atoms with Crippen molar-refractivity contribution in [2.24, 2.45) is 5.92 Å². The SMILES string of the molecule is CCCCCCSc1cc2c3c(n(C(=O)c4ccc(Oc5ccccc5)cc4)c2cc1Cl)CCC(C(=O)O)C3. The number of carbonyl (C=O) groups is 2. The van der Waals surface area contributed by atoms with Crippen LogP contribution in [0, 0.1) is 5.92 Å². The molecule has 1 unspecified atom stereocenters. The summed E-state index contributed by atoms with van der Waals surface area (Å²) in [6, 6.07) is 20.6. The molecule has 1 aliphatic carbocycles. The minimum Gasteiger partial charge on any atom is -0.481 e. The van der Waals surface area contributed by atoms with Crippen LogP contribution in [0.2, 0.25) is 5.02 Å². The summed E-state index contributed by atoms with van der Waals surface area (Å²) in [6.07, 6.45) is 6.17. The molecule has 0 radical (unpaired) electrons. The Bertz CT molecular complexity index is 1480. The van der Waals surface area contributed by atoms with Crippen LogP contribution in [0.15, 0.2) is 71.6 Å². The zero-order chi connectivity index (χ0) is 27.4. The highest BCUT2D eigenvalue weighted by Gasteiger charge is 2.31. The smallest absolute Gasteiger partial charge is 0.306 e. The third kappa shape index (κ3) is 6.02. The summed E-state index contributed by atoms with van der Waals surface area (Å²) >= 11 is 8.48. The quantitative estimate of drug-likeness (QED) is 0.155. The Hall–Kier alpha value is -3.22. The topological polar surface area (TPSA) is 68.5 Å². The first-order valence-electron chi connectivity index (χ1n) is 13.5. The minimum absolute atomic E-state index is 0.155. The summed E-state index contributed by atoms with van der Waals surface area (Å²) in [5, 5.41) is 11.3. The maximum atomic E-state index is 13.9. The number of nitrogens with zero attached hydrogens (tertiary/aromatic N) is 1.